The zero-order valence-corrected chi connectivity index (χ0v) is 20.3. The van der Waals surface area contributed by atoms with Crippen LogP contribution >= 0.6 is 0 Å². The third-order valence-corrected chi connectivity index (χ3v) is 8.53. The lowest BCUT2D eigenvalue weighted by molar-refractivity contribution is -0.145. The number of alkyl halides is 3. The van der Waals surface area contributed by atoms with Gasteiger partial charge in [-0.25, -0.2) is 27.5 Å². The van der Waals surface area contributed by atoms with Crippen LogP contribution in [0.4, 0.5) is 17.6 Å². The van der Waals surface area contributed by atoms with Crippen LogP contribution in [0, 0.1) is 11.7 Å². The molecule has 2 aromatic heterocycles. The molecule has 1 aromatic carbocycles. The summed E-state index contributed by atoms with van der Waals surface area (Å²) in [7, 11) is -2.47. The van der Waals surface area contributed by atoms with Gasteiger partial charge in [0.1, 0.15) is 11.5 Å². The van der Waals surface area contributed by atoms with E-state index in [0.29, 0.717) is 24.1 Å². The van der Waals surface area contributed by atoms with Crippen LogP contribution in [-0.2, 0) is 22.7 Å². The van der Waals surface area contributed by atoms with E-state index in [9.17, 15) is 26.0 Å². The fourth-order valence-electron chi connectivity index (χ4n) is 4.76. The van der Waals surface area contributed by atoms with E-state index < -0.39 is 33.9 Å². The first-order chi connectivity index (χ1) is 17.5. The molecule has 0 spiro atoms. The van der Waals surface area contributed by atoms with E-state index in [1.807, 2.05) is 0 Å². The molecular formula is C23H22F4N6O3S. The average molecular weight is 539 g/mol. The van der Waals surface area contributed by atoms with Crippen molar-refractivity contribution < 1.29 is 30.7 Å². The van der Waals surface area contributed by atoms with Crippen LogP contribution in [0.3, 0.4) is 0 Å². The largest absolute Gasteiger partial charge is 0.480 e. The molecule has 2 aliphatic heterocycles. The summed E-state index contributed by atoms with van der Waals surface area (Å²) >= 11 is 0. The van der Waals surface area contributed by atoms with Crippen molar-refractivity contribution in [2.75, 3.05) is 7.11 Å². The fraction of sp³-hybridized carbons (Fsp3) is 0.348. The van der Waals surface area contributed by atoms with E-state index >= 15 is 0 Å². The molecule has 6 rings (SSSR count). The normalized spacial score (nSPS) is 21.5. The minimum Gasteiger partial charge on any atom is -0.480 e. The summed E-state index contributed by atoms with van der Waals surface area (Å²) < 4.78 is 86.3. The number of hydrogen-bond donors (Lipinski definition) is 1. The lowest BCUT2D eigenvalue weighted by Crippen LogP contribution is -2.40. The predicted molar refractivity (Wildman–Crippen MR) is 122 cm³/mol. The van der Waals surface area contributed by atoms with Gasteiger partial charge >= 0.3 is 6.18 Å². The van der Waals surface area contributed by atoms with Crippen LogP contribution in [0.25, 0.3) is 5.69 Å². The van der Waals surface area contributed by atoms with Gasteiger partial charge in [0.05, 0.1) is 36.0 Å². The Morgan fingerprint density at radius 2 is 1.84 bits per heavy atom. The lowest BCUT2D eigenvalue weighted by Gasteiger charge is -2.26. The van der Waals surface area contributed by atoms with Crippen molar-refractivity contribution in [2.45, 2.75) is 42.5 Å². The van der Waals surface area contributed by atoms with Gasteiger partial charge in [0, 0.05) is 24.5 Å². The third kappa shape index (κ3) is 4.55. The van der Waals surface area contributed by atoms with Gasteiger partial charge < -0.3 is 10.1 Å². The molecule has 37 heavy (non-hydrogen) atoms. The summed E-state index contributed by atoms with van der Waals surface area (Å²) in [5.41, 5.74) is 1.25. The Hall–Kier alpha value is -3.52. The summed E-state index contributed by atoms with van der Waals surface area (Å²) in [6.45, 7) is 4.25. The maximum atomic E-state index is 13.3. The number of sulfonamides is 1. The maximum absolute atomic E-state index is 13.3. The van der Waals surface area contributed by atoms with E-state index in [1.165, 1.54) is 28.2 Å². The molecule has 196 valence electrons. The van der Waals surface area contributed by atoms with Crippen LogP contribution in [0.15, 0.2) is 60.0 Å². The molecular weight excluding hydrogens is 516 g/mol. The second-order valence-electron chi connectivity index (χ2n) is 8.87. The monoisotopic (exact) mass is 538 g/mol. The topological polar surface area (TPSA) is 102 Å². The van der Waals surface area contributed by atoms with Crippen molar-refractivity contribution in [3.63, 3.8) is 0 Å². The Kier molecular flexibility index (Phi) is 6.18. The first-order valence-corrected chi connectivity index (χ1v) is 12.7. The molecule has 2 saturated heterocycles. The van der Waals surface area contributed by atoms with Gasteiger partial charge in [0.2, 0.25) is 21.7 Å². The molecule has 9 nitrogen and oxygen atoms in total. The highest BCUT2D eigenvalue weighted by Crippen LogP contribution is 2.50. The van der Waals surface area contributed by atoms with Crippen molar-refractivity contribution in [3.8, 4) is 11.6 Å². The van der Waals surface area contributed by atoms with Gasteiger partial charge in [-0.15, -0.1) is 5.10 Å². The summed E-state index contributed by atoms with van der Waals surface area (Å²) in [6, 6.07) is 4.09. The zero-order chi connectivity index (χ0) is 26.5. The van der Waals surface area contributed by atoms with Crippen molar-refractivity contribution >= 4 is 10.0 Å². The SMILES string of the molecule is C=C(NCc1cn(-c2cnc(C(F)(F)F)nc2)nc1OC)[C@@H]1C2CC(C2)N1S(=O)(=O)c1ccc(F)cc1. The molecule has 3 fully saturated rings. The zero-order valence-electron chi connectivity index (χ0n) is 19.5. The minimum atomic E-state index is -4.66. The predicted octanol–water partition coefficient (Wildman–Crippen LogP) is 3.28. The highest BCUT2D eigenvalue weighted by atomic mass is 32.2. The molecule has 1 N–H and O–H groups in total. The fourth-order valence-corrected chi connectivity index (χ4v) is 6.65. The van der Waals surface area contributed by atoms with Crippen molar-refractivity contribution in [3.05, 3.63) is 72.3 Å². The summed E-state index contributed by atoms with van der Waals surface area (Å²) in [4.78, 5) is 6.70. The Bertz CT molecular complexity index is 1420. The second kappa shape index (κ2) is 9.10. The summed E-state index contributed by atoms with van der Waals surface area (Å²) in [5, 5.41) is 7.37. The molecule has 1 aliphatic carbocycles. The average Bonchev–Trinajstić information content (AvgIpc) is 3.54. The number of fused-ring (bicyclic) bond motifs is 1. The Balaban J connectivity index is 1.32. The number of nitrogens with one attached hydrogen (secondary N) is 1. The smallest absolute Gasteiger partial charge is 0.451 e. The highest BCUT2D eigenvalue weighted by Gasteiger charge is 2.56. The van der Waals surface area contributed by atoms with E-state index in [0.717, 1.165) is 24.5 Å². The Morgan fingerprint density at radius 1 is 1.19 bits per heavy atom. The van der Waals surface area contributed by atoms with Gasteiger partial charge in [-0.3, -0.25) is 0 Å². The van der Waals surface area contributed by atoms with Gasteiger partial charge in [-0.05, 0) is 43.0 Å². The minimum absolute atomic E-state index is 0.0148. The number of nitrogens with zero attached hydrogens (tertiary/aromatic N) is 5. The second-order valence-corrected chi connectivity index (χ2v) is 10.7. The van der Waals surface area contributed by atoms with Crippen molar-refractivity contribution in [1.29, 1.82) is 0 Å². The molecule has 1 saturated carbocycles. The van der Waals surface area contributed by atoms with Crippen LogP contribution in [-0.4, -0.2) is 51.7 Å². The number of ether oxygens (including phenoxy) is 1. The summed E-state index contributed by atoms with van der Waals surface area (Å²) in [6.07, 6.45) is 0.313. The standard InChI is InChI=1S/C23H22F4N6O3S/c1-13(20-14-7-17(8-14)33(20)37(34,35)19-5-3-16(24)4-6-19)28-9-15-12-32(31-21(15)36-2)18-10-29-22(30-11-18)23(25,26)27/h3-6,10-12,14,17,20,28H,1,7-9H2,2H3/t14?,17?,20-/m1/s1. The number of benzene rings is 1. The number of halogens is 4. The first-order valence-electron chi connectivity index (χ1n) is 11.2. The highest BCUT2D eigenvalue weighted by molar-refractivity contribution is 7.89. The first kappa shape index (κ1) is 25.1. The molecule has 3 aromatic rings. The Morgan fingerprint density at radius 3 is 2.43 bits per heavy atom. The molecule has 2 bridgehead atoms. The van der Waals surface area contributed by atoms with Crippen molar-refractivity contribution in [2.24, 2.45) is 5.92 Å². The summed E-state index contributed by atoms with van der Waals surface area (Å²) in [5.74, 6) is -1.46. The molecule has 0 amide bonds. The molecule has 0 unspecified atom stereocenters. The lowest BCUT2D eigenvalue weighted by atomic mass is 9.82. The van der Waals surface area contributed by atoms with Gasteiger partial charge in [0.15, 0.2) is 0 Å². The maximum Gasteiger partial charge on any atom is 0.451 e. The van der Waals surface area contributed by atoms with Gasteiger partial charge in [-0.1, -0.05) is 6.58 Å². The number of rotatable bonds is 8. The molecule has 4 heterocycles. The van der Waals surface area contributed by atoms with E-state index in [1.54, 1.807) is 6.20 Å². The van der Waals surface area contributed by atoms with Crippen LogP contribution in [0.2, 0.25) is 0 Å². The molecule has 1 atom stereocenters. The van der Waals surface area contributed by atoms with Crippen LogP contribution < -0.4 is 10.1 Å². The third-order valence-electron chi connectivity index (χ3n) is 6.58. The number of methoxy groups -OCH3 is 1. The van der Waals surface area contributed by atoms with Gasteiger partial charge in [0.25, 0.3) is 0 Å². The molecule has 14 heteroatoms. The molecule has 0 radical (unpaired) electrons. The quantitative estimate of drug-likeness (QED) is 0.439. The number of hydrogen-bond acceptors (Lipinski definition) is 7. The molecule has 3 aliphatic rings. The van der Waals surface area contributed by atoms with Crippen LogP contribution in [0.1, 0.15) is 24.2 Å². The van der Waals surface area contributed by atoms with E-state index in [-0.39, 0.29) is 35.0 Å². The number of aromatic nitrogens is 4. The van der Waals surface area contributed by atoms with Crippen molar-refractivity contribution in [1.82, 2.24) is 29.4 Å². The van der Waals surface area contributed by atoms with E-state index in [4.69, 9.17) is 4.74 Å². The van der Waals surface area contributed by atoms with Gasteiger partial charge in [-0.2, -0.15) is 17.5 Å². The Labute approximate surface area is 209 Å². The van der Waals surface area contributed by atoms with Crippen LogP contribution in [0.5, 0.6) is 5.88 Å². The van der Waals surface area contributed by atoms with E-state index in [2.05, 4.69) is 27.0 Å².